The largest absolute Gasteiger partial charge is 0.496 e. The van der Waals surface area contributed by atoms with Crippen LogP contribution in [0.4, 0.5) is 0 Å². The summed E-state index contributed by atoms with van der Waals surface area (Å²) in [5.41, 5.74) is 1.87. The van der Waals surface area contributed by atoms with Crippen LogP contribution in [0.2, 0.25) is 10.0 Å². The van der Waals surface area contributed by atoms with Crippen LogP contribution in [0.15, 0.2) is 40.3 Å². The van der Waals surface area contributed by atoms with Gasteiger partial charge in [0.2, 0.25) is 0 Å². The van der Waals surface area contributed by atoms with E-state index >= 15 is 0 Å². The Hall–Kier alpha value is -1.80. The van der Waals surface area contributed by atoms with Crippen molar-refractivity contribution in [3.8, 4) is 5.75 Å². The number of benzene rings is 2. The monoisotopic (exact) mass is 402 g/mol. The van der Waals surface area contributed by atoms with E-state index < -0.39 is 10.0 Å². The number of ether oxygens (including phenoxy) is 1. The van der Waals surface area contributed by atoms with Gasteiger partial charge in [0.1, 0.15) is 10.6 Å². The van der Waals surface area contributed by atoms with Gasteiger partial charge in [0.15, 0.2) is 0 Å². The summed E-state index contributed by atoms with van der Waals surface area (Å²) in [4.78, 5) is 1.84. The van der Waals surface area contributed by atoms with Gasteiger partial charge in [0, 0.05) is 5.56 Å². The van der Waals surface area contributed by atoms with E-state index in [4.69, 9.17) is 27.9 Å². The van der Waals surface area contributed by atoms with Crippen molar-refractivity contribution < 1.29 is 18.3 Å². The summed E-state index contributed by atoms with van der Waals surface area (Å²) in [6.45, 7) is 1.54. The van der Waals surface area contributed by atoms with Crippen LogP contribution >= 0.6 is 23.2 Å². The van der Waals surface area contributed by atoms with Gasteiger partial charge in [-0.25, -0.2) is 0 Å². The summed E-state index contributed by atoms with van der Waals surface area (Å²) in [5, 5.41) is 13.0. The Morgan fingerprint density at radius 1 is 1.24 bits per heavy atom. The quantitative estimate of drug-likeness (QED) is 0.573. The Bertz CT molecular complexity index is 891. The zero-order valence-corrected chi connectivity index (χ0v) is 15.8. The third-order valence-electron chi connectivity index (χ3n) is 3.27. The molecule has 0 spiro atoms. The van der Waals surface area contributed by atoms with Crippen molar-refractivity contribution in [2.75, 3.05) is 7.11 Å². The van der Waals surface area contributed by atoms with E-state index in [1.807, 2.05) is 0 Å². The molecule has 0 fully saturated rings. The first-order valence-electron chi connectivity index (χ1n) is 7.06. The molecule has 6 nitrogen and oxygen atoms in total. The van der Waals surface area contributed by atoms with E-state index in [1.54, 1.807) is 25.1 Å². The van der Waals surface area contributed by atoms with Gasteiger partial charge in [-0.3, -0.25) is 0 Å². The van der Waals surface area contributed by atoms with Crippen LogP contribution in [-0.4, -0.2) is 26.8 Å². The topological polar surface area (TPSA) is 88.0 Å². The predicted molar refractivity (Wildman–Crippen MR) is 98.0 cm³/mol. The molecule has 0 radical (unpaired) electrons. The maximum Gasteiger partial charge on any atom is 0.279 e. The SMILES string of the molecule is COc1ccc(C=NNS(=O)(=O)c2c(Cl)cc(C)cc2Cl)cc1CO. The second-order valence-corrected chi connectivity index (χ2v) is 7.55. The molecule has 2 N–H and O–H groups in total. The minimum absolute atomic E-state index is 0.0136. The number of hydrogen-bond acceptors (Lipinski definition) is 5. The van der Waals surface area contributed by atoms with E-state index in [2.05, 4.69) is 9.93 Å². The standard InChI is InChI=1S/C16H16Cl2N2O4S/c1-10-5-13(17)16(14(18)6-10)25(22,23)20-19-8-11-3-4-15(24-2)12(7-11)9-21/h3-8,20-21H,9H2,1-2H3. The second-order valence-electron chi connectivity index (χ2n) is 5.14. The average molecular weight is 403 g/mol. The Kier molecular flexibility index (Phi) is 6.29. The van der Waals surface area contributed by atoms with Crippen molar-refractivity contribution in [1.29, 1.82) is 0 Å². The van der Waals surface area contributed by atoms with Crippen molar-refractivity contribution in [1.82, 2.24) is 4.83 Å². The molecule has 0 aromatic heterocycles. The molecule has 0 saturated heterocycles. The van der Waals surface area contributed by atoms with Crippen LogP contribution in [-0.2, 0) is 16.6 Å². The number of nitrogens with zero attached hydrogens (tertiary/aromatic N) is 1. The third kappa shape index (κ3) is 4.64. The van der Waals surface area contributed by atoms with Crippen LogP contribution < -0.4 is 9.57 Å². The van der Waals surface area contributed by atoms with E-state index in [9.17, 15) is 13.5 Å². The number of aliphatic hydroxyl groups excluding tert-OH is 1. The highest BCUT2D eigenvalue weighted by Crippen LogP contribution is 2.30. The first kappa shape index (κ1) is 19.5. The van der Waals surface area contributed by atoms with E-state index in [0.717, 1.165) is 5.56 Å². The van der Waals surface area contributed by atoms with Crippen molar-refractivity contribution in [3.63, 3.8) is 0 Å². The fraction of sp³-hybridized carbons (Fsp3) is 0.188. The zero-order chi connectivity index (χ0) is 18.6. The number of aliphatic hydroxyl groups is 1. The number of methoxy groups -OCH3 is 1. The summed E-state index contributed by atoms with van der Waals surface area (Å²) in [5.74, 6) is 0.526. The first-order valence-corrected chi connectivity index (χ1v) is 9.30. The lowest BCUT2D eigenvalue weighted by Crippen LogP contribution is -2.19. The highest BCUT2D eigenvalue weighted by atomic mass is 35.5. The van der Waals surface area contributed by atoms with Crippen LogP contribution in [0.3, 0.4) is 0 Å². The molecular weight excluding hydrogens is 387 g/mol. The Morgan fingerprint density at radius 2 is 1.88 bits per heavy atom. The number of nitrogens with one attached hydrogen (secondary N) is 1. The van der Waals surface area contributed by atoms with E-state index in [-0.39, 0.29) is 21.5 Å². The fourth-order valence-electron chi connectivity index (χ4n) is 2.16. The van der Waals surface area contributed by atoms with Crippen molar-refractivity contribution in [2.24, 2.45) is 5.10 Å². The normalized spacial score (nSPS) is 11.7. The molecule has 2 aromatic rings. The lowest BCUT2D eigenvalue weighted by Gasteiger charge is -2.09. The minimum atomic E-state index is -4.02. The van der Waals surface area contributed by atoms with Gasteiger partial charge in [-0.1, -0.05) is 23.2 Å². The molecule has 0 heterocycles. The number of hydrogen-bond donors (Lipinski definition) is 2. The van der Waals surface area contributed by atoms with Crippen LogP contribution in [0.25, 0.3) is 0 Å². The molecule has 2 aromatic carbocycles. The van der Waals surface area contributed by atoms with Gasteiger partial charge < -0.3 is 9.84 Å². The van der Waals surface area contributed by atoms with Gasteiger partial charge in [-0.15, -0.1) is 0 Å². The molecule has 134 valence electrons. The molecule has 9 heteroatoms. The van der Waals surface area contributed by atoms with Crippen molar-refractivity contribution in [2.45, 2.75) is 18.4 Å². The summed E-state index contributed by atoms with van der Waals surface area (Å²) in [6.07, 6.45) is 1.30. The minimum Gasteiger partial charge on any atom is -0.496 e. The molecule has 25 heavy (non-hydrogen) atoms. The molecule has 0 bridgehead atoms. The maximum absolute atomic E-state index is 12.3. The van der Waals surface area contributed by atoms with Gasteiger partial charge in [0.25, 0.3) is 10.0 Å². The van der Waals surface area contributed by atoms with Crippen LogP contribution in [0, 0.1) is 6.92 Å². The molecule has 0 aliphatic rings. The number of halogens is 2. The van der Waals surface area contributed by atoms with Crippen molar-refractivity contribution >= 4 is 39.4 Å². The predicted octanol–water partition coefficient (Wildman–Crippen LogP) is 3.12. The molecule has 0 amide bonds. The molecule has 0 saturated carbocycles. The molecular formula is C16H16Cl2N2O4S. The maximum atomic E-state index is 12.3. The van der Waals surface area contributed by atoms with Gasteiger partial charge in [-0.2, -0.15) is 18.4 Å². The Balaban J connectivity index is 2.24. The van der Waals surface area contributed by atoms with E-state index in [0.29, 0.717) is 16.9 Å². The summed E-state index contributed by atoms with van der Waals surface area (Å²) in [6, 6.07) is 7.95. The molecule has 0 unspecified atom stereocenters. The van der Waals surface area contributed by atoms with Gasteiger partial charge >= 0.3 is 0 Å². The average Bonchev–Trinajstić information content (AvgIpc) is 2.53. The van der Waals surface area contributed by atoms with Crippen molar-refractivity contribution in [3.05, 3.63) is 57.1 Å². The molecule has 2 rings (SSSR count). The fourth-order valence-corrected chi connectivity index (χ4v) is 4.28. The number of hydrazone groups is 1. The molecule has 0 aliphatic heterocycles. The second kappa shape index (κ2) is 8.05. The first-order chi connectivity index (χ1) is 11.8. The van der Waals surface area contributed by atoms with Crippen LogP contribution in [0.5, 0.6) is 5.75 Å². The Morgan fingerprint density at radius 3 is 2.44 bits per heavy atom. The Labute approximate surface area is 156 Å². The van der Waals surface area contributed by atoms with Gasteiger partial charge in [-0.05, 0) is 48.4 Å². The molecule has 0 atom stereocenters. The number of rotatable bonds is 6. The molecule has 0 aliphatic carbocycles. The van der Waals surface area contributed by atoms with Crippen LogP contribution in [0.1, 0.15) is 16.7 Å². The highest BCUT2D eigenvalue weighted by Gasteiger charge is 2.21. The highest BCUT2D eigenvalue weighted by molar-refractivity contribution is 7.89. The summed E-state index contributed by atoms with van der Waals surface area (Å²) in [7, 11) is -2.53. The smallest absolute Gasteiger partial charge is 0.279 e. The summed E-state index contributed by atoms with van der Waals surface area (Å²) < 4.78 is 29.8. The zero-order valence-electron chi connectivity index (χ0n) is 13.5. The van der Waals surface area contributed by atoms with Gasteiger partial charge in [0.05, 0.1) is 30.0 Å². The number of aryl methyl sites for hydroxylation is 1. The summed E-state index contributed by atoms with van der Waals surface area (Å²) >= 11 is 12.0. The van der Waals surface area contributed by atoms with E-state index in [1.165, 1.54) is 25.5 Å². The lowest BCUT2D eigenvalue weighted by molar-refractivity contribution is 0.274. The third-order valence-corrected chi connectivity index (χ3v) is 5.42. The number of sulfonamides is 1. The lowest BCUT2D eigenvalue weighted by atomic mass is 10.1.